The van der Waals surface area contributed by atoms with Crippen LogP contribution in [0.5, 0.6) is 5.75 Å². The molecule has 0 bridgehead atoms. The summed E-state index contributed by atoms with van der Waals surface area (Å²) in [5.74, 6) is 0.528. The molecule has 2 aromatic rings. The molecule has 23 heavy (non-hydrogen) atoms. The van der Waals surface area contributed by atoms with Crippen LogP contribution in [0.2, 0.25) is 0 Å². The molecule has 2 aliphatic rings. The molecule has 0 radical (unpaired) electrons. The van der Waals surface area contributed by atoms with Crippen LogP contribution in [-0.4, -0.2) is 45.5 Å². The number of aromatic nitrogens is 2. The molecule has 1 aromatic carbocycles. The van der Waals surface area contributed by atoms with Gasteiger partial charge in [0.05, 0.1) is 35.6 Å². The first-order valence-electron chi connectivity index (χ1n) is 7.63. The summed E-state index contributed by atoms with van der Waals surface area (Å²) in [6, 6.07) is 5.31. The Balaban J connectivity index is 1.50. The summed E-state index contributed by atoms with van der Waals surface area (Å²) in [5, 5.41) is 23.1. The van der Waals surface area contributed by atoms with E-state index in [9.17, 15) is 9.90 Å². The fraction of sp³-hybridized carbons (Fsp3) is 0.375. The molecule has 0 saturated heterocycles. The fourth-order valence-corrected chi connectivity index (χ4v) is 3.28. The number of aromatic amines is 1. The van der Waals surface area contributed by atoms with Crippen molar-refractivity contribution in [1.29, 1.82) is 0 Å². The maximum atomic E-state index is 12.1. The zero-order valence-electron chi connectivity index (χ0n) is 12.6. The predicted molar refractivity (Wildman–Crippen MR) is 83.5 cm³/mol. The van der Waals surface area contributed by atoms with Gasteiger partial charge in [0.2, 0.25) is 0 Å². The van der Waals surface area contributed by atoms with Crippen molar-refractivity contribution in [3.05, 3.63) is 41.7 Å². The molecule has 4 atom stereocenters. The van der Waals surface area contributed by atoms with Crippen molar-refractivity contribution in [2.24, 2.45) is 0 Å². The Kier molecular flexibility index (Phi) is 3.23. The molecule has 1 amide bonds. The van der Waals surface area contributed by atoms with E-state index in [2.05, 4.69) is 20.8 Å². The standard InChI is InChI=1S/C16H18N4O3/c1-8-2-3-12-10(4-8)19-14-13(23-12)5-11(15(14)21)20-16(22)9-6-17-18-7-9/h2-4,6-7,11,13-15,19,21H,5H2,1H3,(H,17,18)(H,20,22)/t11-,13-,14-,15-/m1/s1. The van der Waals surface area contributed by atoms with Crippen molar-refractivity contribution in [3.8, 4) is 5.75 Å². The Morgan fingerprint density at radius 1 is 1.48 bits per heavy atom. The van der Waals surface area contributed by atoms with Crippen LogP contribution in [0.3, 0.4) is 0 Å². The third-order valence-electron chi connectivity index (χ3n) is 4.48. The number of carbonyl (C=O) groups is 1. The van der Waals surface area contributed by atoms with E-state index in [0.29, 0.717) is 12.0 Å². The molecule has 7 heteroatoms. The first kappa shape index (κ1) is 14.1. The van der Waals surface area contributed by atoms with Gasteiger partial charge < -0.3 is 20.5 Å². The molecule has 1 aliphatic heterocycles. The zero-order chi connectivity index (χ0) is 16.0. The molecule has 4 rings (SSSR count). The number of aliphatic hydroxyl groups excluding tert-OH is 1. The number of hydrogen-bond donors (Lipinski definition) is 4. The molecule has 1 aliphatic carbocycles. The first-order valence-corrected chi connectivity index (χ1v) is 7.63. The molecule has 4 N–H and O–H groups in total. The van der Waals surface area contributed by atoms with E-state index in [1.807, 2.05) is 25.1 Å². The van der Waals surface area contributed by atoms with Crippen LogP contribution in [0.25, 0.3) is 0 Å². The minimum absolute atomic E-state index is 0.171. The van der Waals surface area contributed by atoms with Gasteiger partial charge in [0.25, 0.3) is 5.91 Å². The predicted octanol–water partition coefficient (Wildman–Crippen LogP) is 0.823. The summed E-state index contributed by atoms with van der Waals surface area (Å²) in [5.41, 5.74) is 2.45. The summed E-state index contributed by atoms with van der Waals surface area (Å²) >= 11 is 0. The number of rotatable bonds is 2. The highest BCUT2D eigenvalue weighted by Gasteiger charge is 2.47. The number of aliphatic hydroxyl groups is 1. The van der Waals surface area contributed by atoms with Crippen molar-refractivity contribution >= 4 is 11.6 Å². The third kappa shape index (κ3) is 2.43. The van der Waals surface area contributed by atoms with Crippen LogP contribution >= 0.6 is 0 Å². The summed E-state index contributed by atoms with van der Waals surface area (Å²) in [6.45, 7) is 2.01. The first-order chi connectivity index (χ1) is 11.1. The fourth-order valence-electron chi connectivity index (χ4n) is 3.28. The highest BCUT2D eigenvalue weighted by atomic mass is 16.5. The number of amides is 1. The van der Waals surface area contributed by atoms with Crippen LogP contribution in [0, 0.1) is 6.92 Å². The van der Waals surface area contributed by atoms with Gasteiger partial charge in [-0.1, -0.05) is 6.07 Å². The van der Waals surface area contributed by atoms with Gasteiger partial charge >= 0.3 is 0 Å². The van der Waals surface area contributed by atoms with Gasteiger partial charge in [-0.2, -0.15) is 5.10 Å². The lowest BCUT2D eigenvalue weighted by Gasteiger charge is -2.32. The maximum Gasteiger partial charge on any atom is 0.254 e. The number of H-pyrrole nitrogens is 1. The van der Waals surface area contributed by atoms with E-state index in [1.165, 1.54) is 12.4 Å². The van der Waals surface area contributed by atoms with Crippen molar-refractivity contribution in [3.63, 3.8) is 0 Å². The van der Waals surface area contributed by atoms with Crippen LogP contribution in [-0.2, 0) is 0 Å². The zero-order valence-corrected chi connectivity index (χ0v) is 12.6. The van der Waals surface area contributed by atoms with Crippen molar-refractivity contribution in [2.45, 2.75) is 37.6 Å². The second kappa shape index (κ2) is 5.27. The highest BCUT2D eigenvalue weighted by molar-refractivity contribution is 5.93. The van der Waals surface area contributed by atoms with Gasteiger partial charge in [-0.15, -0.1) is 0 Å². The molecule has 0 spiro atoms. The molecule has 2 heterocycles. The molecule has 1 aromatic heterocycles. The summed E-state index contributed by atoms with van der Waals surface area (Å²) in [4.78, 5) is 12.1. The Bertz CT molecular complexity index is 731. The highest BCUT2D eigenvalue weighted by Crippen LogP contribution is 2.38. The Morgan fingerprint density at radius 2 is 2.35 bits per heavy atom. The van der Waals surface area contributed by atoms with E-state index in [0.717, 1.165) is 17.0 Å². The lowest BCUT2D eigenvalue weighted by atomic mass is 10.1. The van der Waals surface area contributed by atoms with E-state index in [-0.39, 0.29) is 24.1 Å². The number of benzene rings is 1. The smallest absolute Gasteiger partial charge is 0.254 e. The topological polar surface area (TPSA) is 99.3 Å². The van der Waals surface area contributed by atoms with Gasteiger partial charge in [0.1, 0.15) is 11.9 Å². The number of carbonyl (C=O) groups excluding carboxylic acids is 1. The minimum atomic E-state index is -0.718. The number of anilines is 1. The molecular weight excluding hydrogens is 296 g/mol. The number of hydrogen-bond acceptors (Lipinski definition) is 5. The van der Waals surface area contributed by atoms with Crippen LogP contribution < -0.4 is 15.4 Å². The lowest BCUT2D eigenvalue weighted by molar-refractivity contribution is 0.0853. The Hall–Kier alpha value is -2.54. The maximum absolute atomic E-state index is 12.1. The molecule has 120 valence electrons. The van der Waals surface area contributed by atoms with E-state index in [4.69, 9.17) is 4.74 Å². The van der Waals surface area contributed by atoms with Gasteiger partial charge in [0, 0.05) is 12.6 Å². The molecule has 7 nitrogen and oxygen atoms in total. The second-order valence-corrected chi connectivity index (χ2v) is 6.12. The Morgan fingerprint density at radius 3 is 3.13 bits per heavy atom. The van der Waals surface area contributed by atoms with Crippen LogP contribution in [0.4, 0.5) is 5.69 Å². The number of aryl methyl sites for hydroxylation is 1. The summed E-state index contributed by atoms with van der Waals surface area (Å²) in [7, 11) is 0. The Labute approximate surface area is 133 Å². The third-order valence-corrected chi connectivity index (χ3v) is 4.48. The van der Waals surface area contributed by atoms with Crippen LogP contribution in [0.15, 0.2) is 30.6 Å². The number of nitrogens with zero attached hydrogens (tertiary/aromatic N) is 1. The van der Waals surface area contributed by atoms with Crippen molar-refractivity contribution in [1.82, 2.24) is 15.5 Å². The van der Waals surface area contributed by atoms with E-state index < -0.39 is 6.10 Å². The normalized spacial score (nSPS) is 28.3. The van der Waals surface area contributed by atoms with Crippen LogP contribution in [0.1, 0.15) is 22.3 Å². The largest absolute Gasteiger partial charge is 0.486 e. The minimum Gasteiger partial charge on any atom is -0.486 e. The molecule has 1 fully saturated rings. The number of ether oxygens (including phenoxy) is 1. The second-order valence-electron chi connectivity index (χ2n) is 6.12. The van der Waals surface area contributed by atoms with E-state index >= 15 is 0 Å². The van der Waals surface area contributed by atoms with Gasteiger partial charge in [-0.3, -0.25) is 9.89 Å². The number of nitrogens with one attached hydrogen (secondary N) is 3. The van der Waals surface area contributed by atoms with Crippen molar-refractivity contribution < 1.29 is 14.6 Å². The van der Waals surface area contributed by atoms with Crippen molar-refractivity contribution in [2.75, 3.05) is 5.32 Å². The summed E-state index contributed by atoms with van der Waals surface area (Å²) < 4.78 is 5.99. The van der Waals surface area contributed by atoms with Gasteiger partial charge in [0.15, 0.2) is 0 Å². The quantitative estimate of drug-likeness (QED) is 0.658. The number of fused-ring (bicyclic) bond motifs is 2. The summed E-state index contributed by atoms with van der Waals surface area (Å²) in [6.07, 6.45) is 2.64. The van der Waals surface area contributed by atoms with E-state index in [1.54, 1.807) is 0 Å². The molecule has 1 saturated carbocycles. The molecule has 0 unspecified atom stereocenters. The molecular formula is C16H18N4O3. The monoisotopic (exact) mass is 314 g/mol. The average Bonchev–Trinajstić information content (AvgIpc) is 3.16. The SMILES string of the molecule is Cc1ccc2c(c1)N[C@H]1[C@H](O)[C@H](NC(=O)c3cn[nH]c3)C[C@H]1O2. The van der Waals surface area contributed by atoms with Gasteiger partial charge in [-0.05, 0) is 24.6 Å². The van der Waals surface area contributed by atoms with Gasteiger partial charge in [-0.25, -0.2) is 0 Å². The lowest BCUT2D eigenvalue weighted by Crippen LogP contribution is -2.47. The average molecular weight is 314 g/mol.